The summed E-state index contributed by atoms with van der Waals surface area (Å²) in [6, 6.07) is 11.9. The molecule has 5 heteroatoms. The van der Waals surface area contributed by atoms with E-state index in [4.69, 9.17) is 19.2 Å². The van der Waals surface area contributed by atoms with Crippen LogP contribution in [0, 0.1) is 0 Å². The van der Waals surface area contributed by atoms with E-state index in [-0.39, 0.29) is 5.92 Å². The van der Waals surface area contributed by atoms with Crippen molar-refractivity contribution in [2.45, 2.75) is 12.3 Å². The normalized spacial score (nSPS) is 18.2. The standard InChI is InChI=1S/C16H15N3O2/c1-2-4-14(5-3-1)19-16(13-7-9-21-11-13)17-15(18-19)12-6-8-20-10-12/h1-5,7,9,11-12H,6,8,10H2/t12-/m0/s1. The number of rotatable bonds is 3. The second-order valence-corrected chi connectivity index (χ2v) is 5.11. The average Bonchev–Trinajstić information content (AvgIpc) is 3.27. The molecule has 1 atom stereocenters. The molecule has 4 rings (SSSR count). The summed E-state index contributed by atoms with van der Waals surface area (Å²) >= 11 is 0. The van der Waals surface area contributed by atoms with Crippen LogP contribution >= 0.6 is 0 Å². The van der Waals surface area contributed by atoms with Gasteiger partial charge in [-0.3, -0.25) is 0 Å². The van der Waals surface area contributed by atoms with Gasteiger partial charge in [-0.05, 0) is 24.6 Å². The van der Waals surface area contributed by atoms with Gasteiger partial charge in [0.2, 0.25) is 0 Å². The molecule has 3 heterocycles. The largest absolute Gasteiger partial charge is 0.472 e. The molecule has 0 radical (unpaired) electrons. The van der Waals surface area contributed by atoms with E-state index in [1.165, 1.54) is 0 Å². The van der Waals surface area contributed by atoms with Crippen LogP contribution in [0.1, 0.15) is 18.2 Å². The fourth-order valence-electron chi connectivity index (χ4n) is 2.57. The molecule has 21 heavy (non-hydrogen) atoms. The molecule has 0 aliphatic carbocycles. The first-order valence-corrected chi connectivity index (χ1v) is 7.04. The molecule has 0 amide bonds. The van der Waals surface area contributed by atoms with Gasteiger partial charge in [0.1, 0.15) is 6.26 Å². The van der Waals surface area contributed by atoms with Gasteiger partial charge in [-0.2, -0.15) is 5.10 Å². The Morgan fingerprint density at radius 2 is 2.05 bits per heavy atom. The summed E-state index contributed by atoms with van der Waals surface area (Å²) < 4.78 is 12.5. The van der Waals surface area contributed by atoms with Crippen LogP contribution in [0.2, 0.25) is 0 Å². The number of para-hydroxylation sites is 1. The third-order valence-electron chi connectivity index (χ3n) is 3.70. The highest BCUT2D eigenvalue weighted by Crippen LogP contribution is 2.27. The molecule has 0 unspecified atom stereocenters. The minimum absolute atomic E-state index is 0.278. The number of hydrogen-bond acceptors (Lipinski definition) is 4. The highest BCUT2D eigenvalue weighted by molar-refractivity contribution is 5.56. The van der Waals surface area contributed by atoms with Crippen LogP contribution < -0.4 is 0 Å². The molecule has 106 valence electrons. The Bertz CT molecular complexity index is 713. The lowest BCUT2D eigenvalue weighted by Gasteiger charge is -2.03. The van der Waals surface area contributed by atoms with Crippen LogP contribution in [0.25, 0.3) is 17.1 Å². The molecule has 1 saturated heterocycles. The summed E-state index contributed by atoms with van der Waals surface area (Å²) in [4.78, 5) is 4.72. The lowest BCUT2D eigenvalue weighted by atomic mass is 10.1. The summed E-state index contributed by atoms with van der Waals surface area (Å²) in [7, 11) is 0. The third-order valence-corrected chi connectivity index (χ3v) is 3.70. The Morgan fingerprint density at radius 3 is 2.76 bits per heavy atom. The molecule has 0 spiro atoms. The second kappa shape index (κ2) is 5.18. The van der Waals surface area contributed by atoms with Gasteiger partial charge in [-0.1, -0.05) is 18.2 Å². The predicted molar refractivity (Wildman–Crippen MR) is 77.2 cm³/mol. The first kappa shape index (κ1) is 12.3. The Morgan fingerprint density at radius 1 is 1.14 bits per heavy atom. The Labute approximate surface area is 122 Å². The van der Waals surface area contributed by atoms with Crippen molar-refractivity contribution in [1.29, 1.82) is 0 Å². The highest BCUT2D eigenvalue weighted by atomic mass is 16.5. The fraction of sp³-hybridized carbons (Fsp3) is 0.250. The average molecular weight is 281 g/mol. The number of nitrogens with zero attached hydrogens (tertiary/aromatic N) is 3. The maximum atomic E-state index is 5.45. The van der Waals surface area contributed by atoms with E-state index in [0.717, 1.165) is 35.9 Å². The topological polar surface area (TPSA) is 53.1 Å². The zero-order chi connectivity index (χ0) is 14.1. The minimum Gasteiger partial charge on any atom is -0.472 e. The summed E-state index contributed by atoms with van der Waals surface area (Å²) in [5.41, 5.74) is 1.92. The maximum Gasteiger partial charge on any atom is 0.166 e. The van der Waals surface area contributed by atoms with Crippen molar-refractivity contribution >= 4 is 0 Å². The fourth-order valence-corrected chi connectivity index (χ4v) is 2.57. The molecule has 0 N–H and O–H groups in total. The van der Waals surface area contributed by atoms with Crippen molar-refractivity contribution in [2.75, 3.05) is 13.2 Å². The lowest BCUT2D eigenvalue weighted by molar-refractivity contribution is 0.193. The van der Waals surface area contributed by atoms with Gasteiger partial charge in [0.25, 0.3) is 0 Å². The SMILES string of the molecule is c1ccc(-n2nc([C@H]3CCOC3)nc2-c2ccoc2)cc1. The van der Waals surface area contributed by atoms with Crippen molar-refractivity contribution in [3.63, 3.8) is 0 Å². The third kappa shape index (κ3) is 2.25. The van der Waals surface area contributed by atoms with Crippen molar-refractivity contribution < 1.29 is 9.15 Å². The molecular formula is C16H15N3O2. The Kier molecular flexibility index (Phi) is 3.05. The van der Waals surface area contributed by atoms with Crippen LogP contribution in [0.15, 0.2) is 53.3 Å². The van der Waals surface area contributed by atoms with E-state index in [1.54, 1.807) is 12.5 Å². The van der Waals surface area contributed by atoms with Crippen LogP contribution in [-0.4, -0.2) is 28.0 Å². The lowest BCUT2D eigenvalue weighted by Crippen LogP contribution is -2.02. The highest BCUT2D eigenvalue weighted by Gasteiger charge is 2.24. The molecule has 2 aromatic heterocycles. The number of furan rings is 1. The molecule has 5 nitrogen and oxygen atoms in total. The van der Waals surface area contributed by atoms with Crippen LogP contribution in [0.3, 0.4) is 0 Å². The van der Waals surface area contributed by atoms with Gasteiger partial charge in [0.05, 0.1) is 24.1 Å². The minimum atomic E-state index is 0.278. The first-order valence-electron chi connectivity index (χ1n) is 7.04. The number of aromatic nitrogens is 3. The van der Waals surface area contributed by atoms with Crippen molar-refractivity contribution in [3.05, 3.63) is 54.7 Å². The first-order chi connectivity index (χ1) is 10.4. The number of ether oxygens (including phenoxy) is 1. The summed E-state index contributed by atoms with van der Waals surface area (Å²) in [5.74, 6) is 1.92. The summed E-state index contributed by atoms with van der Waals surface area (Å²) in [6.07, 6.45) is 4.32. The van der Waals surface area contributed by atoms with Crippen molar-refractivity contribution in [1.82, 2.24) is 14.8 Å². The maximum absolute atomic E-state index is 5.45. The molecule has 0 saturated carbocycles. The zero-order valence-electron chi connectivity index (χ0n) is 11.5. The zero-order valence-corrected chi connectivity index (χ0v) is 11.5. The Balaban J connectivity index is 1.83. The molecule has 3 aromatic rings. The second-order valence-electron chi connectivity index (χ2n) is 5.11. The number of hydrogen-bond donors (Lipinski definition) is 0. The van der Waals surface area contributed by atoms with E-state index in [1.807, 2.05) is 41.1 Å². The molecule has 1 aromatic carbocycles. The van der Waals surface area contributed by atoms with Gasteiger partial charge < -0.3 is 9.15 Å². The molecule has 0 bridgehead atoms. The monoisotopic (exact) mass is 281 g/mol. The van der Waals surface area contributed by atoms with Gasteiger partial charge in [0.15, 0.2) is 11.6 Å². The van der Waals surface area contributed by atoms with Crippen LogP contribution in [0.4, 0.5) is 0 Å². The van der Waals surface area contributed by atoms with Gasteiger partial charge >= 0.3 is 0 Å². The van der Waals surface area contributed by atoms with Gasteiger partial charge in [0, 0.05) is 12.5 Å². The summed E-state index contributed by atoms with van der Waals surface area (Å²) in [5, 5.41) is 4.70. The van der Waals surface area contributed by atoms with E-state index < -0.39 is 0 Å². The van der Waals surface area contributed by atoms with E-state index in [9.17, 15) is 0 Å². The smallest absolute Gasteiger partial charge is 0.166 e. The van der Waals surface area contributed by atoms with E-state index >= 15 is 0 Å². The van der Waals surface area contributed by atoms with Crippen LogP contribution in [0.5, 0.6) is 0 Å². The quantitative estimate of drug-likeness (QED) is 0.740. The molecule has 1 aliphatic heterocycles. The predicted octanol–water partition coefficient (Wildman–Crippen LogP) is 3.03. The van der Waals surface area contributed by atoms with Crippen molar-refractivity contribution in [2.24, 2.45) is 0 Å². The molecule has 1 fully saturated rings. The molecule has 1 aliphatic rings. The number of benzene rings is 1. The Hall–Kier alpha value is -2.40. The van der Waals surface area contributed by atoms with Crippen molar-refractivity contribution in [3.8, 4) is 17.1 Å². The van der Waals surface area contributed by atoms with E-state index in [2.05, 4.69) is 0 Å². The van der Waals surface area contributed by atoms with Crippen LogP contribution in [-0.2, 0) is 4.74 Å². The van der Waals surface area contributed by atoms with Gasteiger partial charge in [-0.15, -0.1) is 0 Å². The molecular weight excluding hydrogens is 266 g/mol. The van der Waals surface area contributed by atoms with E-state index in [0.29, 0.717) is 6.61 Å². The van der Waals surface area contributed by atoms with Gasteiger partial charge in [-0.25, -0.2) is 9.67 Å². The summed E-state index contributed by atoms with van der Waals surface area (Å²) in [6.45, 7) is 1.48.